The van der Waals surface area contributed by atoms with E-state index in [4.69, 9.17) is 4.74 Å². The van der Waals surface area contributed by atoms with E-state index in [9.17, 15) is 9.90 Å². The maximum Gasteiger partial charge on any atom is 0.277 e. The molecule has 0 fully saturated rings. The van der Waals surface area contributed by atoms with Gasteiger partial charge in [-0.3, -0.25) is 4.79 Å². The fraction of sp³-hybridized carbons (Fsp3) is 0.263. The number of amides is 1. The van der Waals surface area contributed by atoms with E-state index in [0.717, 1.165) is 0 Å². The van der Waals surface area contributed by atoms with Gasteiger partial charge in [-0.1, -0.05) is 45.0 Å². The van der Waals surface area contributed by atoms with Crippen LogP contribution in [0.3, 0.4) is 0 Å². The second-order valence-corrected chi connectivity index (χ2v) is 6.45. The van der Waals surface area contributed by atoms with E-state index >= 15 is 0 Å². The Morgan fingerprint density at radius 3 is 2.54 bits per heavy atom. The first-order valence-electron chi connectivity index (χ1n) is 7.69. The number of hydrazone groups is 1. The molecule has 2 aromatic carbocycles. The van der Waals surface area contributed by atoms with Crippen LogP contribution in [0.1, 0.15) is 31.9 Å². The number of nitrogens with one attached hydrogen (secondary N) is 1. The summed E-state index contributed by atoms with van der Waals surface area (Å²) in [6.07, 6.45) is 1.45. The van der Waals surface area contributed by atoms with E-state index in [-0.39, 0.29) is 23.7 Å². The molecule has 1 amide bonds. The van der Waals surface area contributed by atoms with Crippen LogP contribution in [0, 0.1) is 0 Å². The number of hydrogen-bond donors (Lipinski definition) is 2. The largest absolute Gasteiger partial charge is 0.508 e. The number of benzene rings is 2. The Bertz CT molecular complexity index is 716. The number of carbonyl (C=O) groups is 1. The highest BCUT2D eigenvalue weighted by Crippen LogP contribution is 2.24. The summed E-state index contributed by atoms with van der Waals surface area (Å²) >= 11 is 0. The normalized spacial score (nSPS) is 11.5. The van der Waals surface area contributed by atoms with Gasteiger partial charge >= 0.3 is 0 Å². The number of hydrogen-bond acceptors (Lipinski definition) is 4. The van der Waals surface area contributed by atoms with Gasteiger partial charge in [0.2, 0.25) is 0 Å². The molecule has 0 unspecified atom stereocenters. The lowest BCUT2D eigenvalue weighted by atomic mass is 9.87. The predicted octanol–water partition coefficient (Wildman–Crippen LogP) is 3.22. The lowest BCUT2D eigenvalue weighted by molar-refractivity contribution is -0.123. The number of rotatable bonds is 5. The van der Waals surface area contributed by atoms with Crippen LogP contribution < -0.4 is 10.2 Å². The van der Waals surface area contributed by atoms with Gasteiger partial charge in [0.1, 0.15) is 11.5 Å². The molecule has 0 aliphatic heterocycles. The van der Waals surface area contributed by atoms with E-state index < -0.39 is 0 Å². The lowest BCUT2D eigenvalue weighted by Gasteiger charge is -2.19. The molecule has 2 rings (SSSR count). The Labute approximate surface area is 142 Å². The zero-order valence-electron chi connectivity index (χ0n) is 14.1. The molecule has 24 heavy (non-hydrogen) atoms. The molecule has 2 N–H and O–H groups in total. The van der Waals surface area contributed by atoms with Gasteiger partial charge in [0, 0.05) is 0 Å². The van der Waals surface area contributed by atoms with E-state index in [1.807, 2.05) is 24.3 Å². The monoisotopic (exact) mass is 326 g/mol. The number of aromatic hydroxyl groups is 1. The summed E-state index contributed by atoms with van der Waals surface area (Å²) in [7, 11) is 0. The molecule has 0 radical (unpaired) electrons. The fourth-order valence-electron chi connectivity index (χ4n) is 2.02. The van der Waals surface area contributed by atoms with Gasteiger partial charge in [-0.05, 0) is 40.8 Å². The highest BCUT2D eigenvalue weighted by Gasteiger charge is 2.13. The number of nitrogens with zero attached hydrogens (tertiary/aromatic N) is 1. The third-order valence-electron chi connectivity index (χ3n) is 3.36. The quantitative estimate of drug-likeness (QED) is 0.654. The van der Waals surface area contributed by atoms with Gasteiger partial charge in [0.15, 0.2) is 6.61 Å². The van der Waals surface area contributed by atoms with Crippen LogP contribution in [0.2, 0.25) is 0 Å². The summed E-state index contributed by atoms with van der Waals surface area (Å²) in [6, 6.07) is 14.3. The summed E-state index contributed by atoms with van der Waals surface area (Å²) < 4.78 is 5.43. The van der Waals surface area contributed by atoms with Crippen LogP contribution >= 0.6 is 0 Å². The summed E-state index contributed by atoms with van der Waals surface area (Å²) in [5.74, 6) is 0.425. The van der Waals surface area contributed by atoms with E-state index in [0.29, 0.717) is 11.3 Å². The van der Waals surface area contributed by atoms with Gasteiger partial charge in [-0.15, -0.1) is 0 Å². The standard InChI is InChI=1S/C19H22N2O3/c1-19(2,3)15-7-9-17(10-8-15)24-13-18(23)21-20-12-14-5-4-6-16(22)11-14/h4-12,22H,13H2,1-3H3,(H,21,23)/b20-12-. The van der Waals surface area contributed by atoms with Crippen molar-refractivity contribution in [3.8, 4) is 11.5 Å². The van der Waals surface area contributed by atoms with Gasteiger partial charge in [0.05, 0.1) is 6.21 Å². The Morgan fingerprint density at radius 2 is 1.92 bits per heavy atom. The second kappa shape index (κ2) is 7.64. The highest BCUT2D eigenvalue weighted by atomic mass is 16.5. The van der Waals surface area contributed by atoms with Crippen molar-refractivity contribution in [1.82, 2.24) is 5.43 Å². The van der Waals surface area contributed by atoms with Crippen molar-refractivity contribution in [2.45, 2.75) is 26.2 Å². The summed E-state index contributed by atoms with van der Waals surface area (Å²) in [6.45, 7) is 6.30. The fourth-order valence-corrected chi connectivity index (χ4v) is 2.02. The second-order valence-electron chi connectivity index (χ2n) is 6.45. The molecular weight excluding hydrogens is 304 g/mol. The molecule has 5 nitrogen and oxygen atoms in total. The molecule has 0 bridgehead atoms. The Balaban J connectivity index is 1.81. The molecule has 0 aromatic heterocycles. The Kier molecular flexibility index (Phi) is 5.58. The van der Waals surface area contributed by atoms with E-state index in [1.165, 1.54) is 11.8 Å². The number of phenols is 1. The number of carbonyl (C=O) groups excluding carboxylic acids is 1. The Hall–Kier alpha value is -2.82. The minimum Gasteiger partial charge on any atom is -0.508 e. The lowest BCUT2D eigenvalue weighted by Crippen LogP contribution is -2.24. The average molecular weight is 326 g/mol. The predicted molar refractivity (Wildman–Crippen MR) is 94.5 cm³/mol. The van der Waals surface area contributed by atoms with E-state index in [1.54, 1.807) is 24.3 Å². The van der Waals surface area contributed by atoms with Crippen LogP contribution in [0.5, 0.6) is 11.5 Å². The maximum atomic E-state index is 11.7. The number of ether oxygens (including phenoxy) is 1. The van der Waals surface area contributed by atoms with Crippen molar-refractivity contribution < 1.29 is 14.6 Å². The van der Waals surface area contributed by atoms with E-state index in [2.05, 4.69) is 31.3 Å². The highest BCUT2D eigenvalue weighted by molar-refractivity contribution is 5.83. The molecular formula is C19H22N2O3. The summed E-state index contributed by atoms with van der Waals surface area (Å²) in [5, 5.41) is 13.2. The molecule has 5 heteroatoms. The third kappa shape index (κ3) is 5.43. The zero-order chi connectivity index (χ0) is 17.6. The SMILES string of the molecule is CC(C)(C)c1ccc(OCC(=O)N/N=C\c2cccc(O)c2)cc1. The maximum absolute atomic E-state index is 11.7. The van der Waals surface area contributed by atoms with Crippen molar-refractivity contribution in [2.24, 2.45) is 5.10 Å². The third-order valence-corrected chi connectivity index (χ3v) is 3.36. The molecule has 0 atom stereocenters. The smallest absolute Gasteiger partial charge is 0.277 e. The molecule has 0 saturated carbocycles. The molecule has 2 aromatic rings. The van der Waals surface area contributed by atoms with Gasteiger partial charge in [-0.25, -0.2) is 5.43 Å². The first kappa shape index (κ1) is 17.5. The summed E-state index contributed by atoms with van der Waals surface area (Å²) in [5.41, 5.74) is 4.35. The average Bonchev–Trinajstić information content (AvgIpc) is 2.52. The van der Waals surface area contributed by atoms with Crippen molar-refractivity contribution in [2.75, 3.05) is 6.61 Å². The number of phenolic OH excluding ortho intramolecular Hbond substituents is 1. The van der Waals surface area contributed by atoms with Crippen LogP contribution in [0.4, 0.5) is 0 Å². The summed E-state index contributed by atoms with van der Waals surface area (Å²) in [4.78, 5) is 11.7. The molecule has 0 aliphatic rings. The molecule has 0 heterocycles. The molecule has 0 spiro atoms. The molecule has 126 valence electrons. The minimum absolute atomic E-state index is 0.0799. The molecule has 0 saturated heterocycles. The van der Waals surface area contributed by atoms with Crippen molar-refractivity contribution >= 4 is 12.1 Å². The van der Waals surface area contributed by atoms with Crippen LogP contribution in [-0.2, 0) is 10.2 Å². The van der Waals surface area contributed by atoms with Gasteiger partial charge < -0.3 is 9.84 Å². The first-order valence-corrected chi connectivity index (χ1v) is 7.69. The van der Waals surface area contributed by atoms with Gasteiger partial charge in [0.25, 0.3) is 5.91 Å². The first-order chi connectivity index (χ1) is 11.3. The van der Waals surface area contributed by atoms with Crippen LogP contribution in [0.15, 0.2) is 53.6 Å². The van der Waals surface area contributed by atoms with Gasteiger partial charge in [-0.2, -0.15) is 5.10 Å². The van der Waals surface area contributed by atoms with Crippen LogP contribution in [0.25, 0.3) is 0 Å². The van der Waals surface area contributed by atoms with Crippen molar-refractivity contribution in [3.05, 3.63) is 59.7 Å². The zero-order valence-corrected chi connectivity index (χ0v) is 14.1. The van der Waals surface area contributed by atoms with Crippen LogP contribution in [-0.4, -0.2) is 23.8 Å². The Morgan fingerprint density at radius 1 is 1.21 bits per heavy atom. The van der Waals surface area contributed by atoms with Crippen molar-refractivity contribution in [1.29, 1.82) is 0 Å². The topological polar surface area (TPSA) is 70.9 Å². The molecule has 0 aliphatic carbocycles. The van der Waals surface area contributed by atoms with Crippen molar-refractivity contribution in [3.63, 3.8) is 0 Å². The minimum atomic E-state index is -0.355.